The van der Waals surface area contributed by atoms with E-state index < -0.39 is 0 Å². The standard InChI is InChI=1S/C18H14N4OS/c1-12-16(22-9-10-24-18(22)20-12)17(23)21-19-11-14-7-4-6-13-5-2-3-8-15(13)14/h2-11H,1H3,(H,21,23)/b19-11+. The number of nitrogens with one attached hydrogen (secondary N) is 1. The summed E-state index contributed by atoms with van der Waals surface area (Å²) in [6.45, 7) is 1.82. The van der Waals surface area contributed by atoms with Crippen LogP contribution in [0.4, 0.5) is 0 Å². The third kappa shape index (κ3) is 2.47. The maximum atomic E-state index is 12.4. The first-order chi connectivity index (χ1) is 11.7. The zero-order valence-electron chi connectivity index (χ0n) is 12.9. The van der Waals surface area contributed by atoms with Crippen LogP contribution in [0.3, 0.4) is 0 Å². The zero-order chi connectivity index (χ0) is 16.5. The highest BCUT2D eigenvalue weighted by Gasteiger charge is 2.16. The fourth-order valence-corrected chi connectivity index (χ4v) is 3.50. The van der Waals surface area contributed by atoms with Gasteiger partial charge in [-0.2, -0.15) is 5.10 Å². The van der Waals surface area contributed by atoms with Crippen molar-refractivity contribution < 1.29 is 4.79 Å². The number of rotatable bonds is 3. The average molecular weight is 334 g/mol. The molecule has 2 aromatic heterocycles. The number of carbonyl (C=O) groups is 1. The molecule has 2 aromatic carbocycles. The molecule has 118 valence electrons. The van der Waals surface area contributed by atoms with Crippen molar-refractivity contribution in [3.63, 3.8) is 0 Å². The number of benzene rings is 2. The lowest BCUT2D eigenvalue weighted by atomic mass is 10.1. The SMILES string of the molecule is Cc1nc2sccn2c1C(=O)N/N=C/c1cccc2ccccc12. The first kappa shape index (κ1) is 14.6. The highest BCUT2D eigenvalue weighted by Crippen LogP contribution is 2.18. The topological polar surface area (TPSA) is 58.8 Å². The van der Waals surface area contributed by atoms with E-state index in [4.69, 9.17) is 0 Å². The minimum absolute atomic E-state index is 0.269. The summed E-state index contributed by atoms with van der Waals surface area (Å²) in [4.78, 5) is 17.6. The van der Waals surface area contributed by atoms with Gasteiger partial charge in [-0.3, -0.25) is 9.20 Å². The second kappa shape index (κ2) is 5.90. The molecule has 4 rings (SSSR count). The number of nitrogens with zero attached hydrogens (tertiary/aromatic N) is 3. The summed E-state index contributed by atoms with van der Waals surface area (Å²) >= 11 is 1.50. The Morgan fingerprint density at radius 1 is 1.25 bits per heavy atom. The lowest BCUT2D eigenvalue weighted by Gasteiger charge is -2.02. The van der Waals surface area contributed by atoms with Gasteiger partial charge >= 0.3 is 0 Å². The minimum atomic E-state index is -0.269. The third-order valence-electron chi connectivity index (χ3n) is 3.84. The Morgan fingerprint density at radius 3 is 3.00 bits per heavy atom. The molecule has 24 heavy (non-hydrogen) atoms. The molecule has 2 heterocycles. The van der Waals surface area contributed by atoms with E-state index in [2.05, 4.69) is 15.5 Å². The van der Waals surface area contributed by atoms with Crippen molar-refractivity contribution in [2.24, 2.45) is 5.10 Å². The summed E-state index contributed by atoms with van der Waals surface area (Å²) in [5, 5.41) is 8.25. The second-order valence-electron chi connectivity index (χ2n) is 5.37. The van der Waals surface area contributed by atoms with Crippen LogP contribution in [0.25, 0.3) is 15.7 Å². The summed E-state index contributed by atoms with van der Waals surface area (Å²) in [7, 11) is 0. The lowest BCUT2D eigenvalue weighted by Crippen LogP contribution is -2.20. The number of fused-ring (bicyclic) bond motifs is 2. The van der Waals surface area contributed by atoms with E-state index in [1.807, 2.05) is 61.0 Å². The fraction of sp³-hybridized carbons (Fsp3) is 0.0556. The first-order valence-corrected chi connectivity index (χ1v) is 8.35. The minimum Gasteiger partial charge on any atom is -0.286 e. The number of hydrogen-bond donors (Lipinski definition) is 1. The van der Waals surface area contributed by atoms with Crippen LogP contribution in [0.2, 0.25) is 0 Å². The highest BCUT2D eigenvalue weighted by molar-refractivity contribution is 7.15. The number of aromatic nitrogens is 2. The van der Waals surface area contributed by atoms with Crippen LogP contribution < -0.4 is 5.43 Å². The smallest absolute Gasteiger partial charge is 0.286 e. The largest absolute Gasteiger partial charge is 0.290 e. The number of aryl methyl sites for hydroxylation is 1. The number of hydrazone groups is 1. The summed E-state index contributed by atoms with van der Waals surface area (Å²) in [6, 6.07) is 14.1. The molecular weight excluding hydrogens is 320 g/mol. The summed E-state index contributed by atoms with van der Waals surface area (Å²) in [6.07, 6.45) is 3.50. The van der Waals surface area contributed by atoms with Gasteiger partial charge in [0.25, 0.3) is 5.91 Å². The molecule has 0 aliphatic heterocycles. The summed E-state index contributed by atoms with van der Waals surface area (Å²) < 4.78 is 1.78. The molecule has 0 aliphatic rings. The molecule has 0 unspecified atom stereocenters. The van der Waals surface area contributed by atoms with Crippen molar-refractivity contribution >= 4 is 39.2 Å². The number of carbonyl (C=O) groups excluding carboxylic acids is 1. The molecule has 6 heteroatoms. The molecule has 0 radical (unpaired) electrons. The maximum absolute atomic E-state index is 12.4. The first-order valence-electron chi connectivity index (χ1n) is 7.47. The molecule has 4 aromatic rings. The molecule has 1 N–H and O–H groups in total. The van der Waals surface area contributed by atoms with Crippen molar-refractivity contribution in [1.29, 1.82) is 0 Å². The van der Waals surface area contributed by atoms with Gasteiger partial charge in [0, 0.05) is 17.1 Å². The molecule has 0 saturated heterocycles. The Kier molecular flexibility index (Phi) is 3.59. The van der Waals surface area contributed by atoms with Gasteiger partial charge in [-0.1, -0.05) is 42.5 Å². The van der Waals surface area contributed by atoms with E-state index in [0.29, 0.717) is 11.4 Å². The van der Waals surface area contributed by atoms with Crippen LogP contribution >= 0.6 is 11.3 Å². The third-order valence-corrected chi connectivity index (χ3v) is 4.60. The van der Waals surface area contributed by atoms with Gasteiger partial charge in [0.05, 0.1) is 11.9 Å². The Hall–Kier alpha value is -2.99. The van der Waals surface area contributed by atoms with Crippen molar-refractivity contribution in [1.82, 2.24) is 14.8 Å². The molecule has 0 saturated carbocycles. The number of hydrogen-bond acceptors (Lipinski definition) is 4. The van der Waals surface area contributed by atoms with Crippen molar-refractivity contribution in [2.45, 2.75) is 6.92 Å². The van der Waals surface area contributed by atoms with Crippen LogP contribution in [0, 0.1) is 6.92 Å². The van der Waals surface area contributed by atoms with Crippen LogP contribution in [-0.4, -0.2) is 21.5 Å². The van der Waals surface area contributed by atoms with E-state index in [1.165, 1.54) is 11.3 Å². The molecular formula is C18H14N4OS. The summed E-state index contributed by atoms with van der Waals surface area (Å²) in [5.41, 5.74) is 4.76. The number of imidazole rings is 1. The Labute approximate surface area is 142 Å². The van der Waals surface area contributed by atoms with Crippen LogP contribution in [0.15, 0.2) is 59.1 Å². The predicted octanol–water partition coefficient (Wildman–Crippen LogP) is 3.62. The molecule has 0 spiro atoms. The van der Waals surface area contributed by atoms with Crippen molar-refractivity contribution in [3.05, 3.63) is 71.0 Å². The normalized spacial score (nSPS) is 11.5. The lowest BCUT2D eigenvalue weighted by molar-refractivity contribution is 0.0948. The van der Waals surface area contributed by atoms with E-state index in [9.17, 15) is 4.79 Å². The van der Waals surface area contributed by atoms with Gasteiger partial charge in [-0.05, 0) is 17.7 Å². The van der Waals surface area contributed by atoms with Gasteiger partial charge in [0.2, 0.25) is 0 Å². The number of amides is 1. The Bertz CT molecular complexity index is 1070. The number of thiazole rings is 1. The van der Waals surface area contributed by atoms with E-state index in [1.54, 1.807) is 10.6 Å². The quantitative estimate of drug-likeness (QED) is 0.459. The van der Waals surface area contributed by atoms with Crippen molar-refractivity contribution in [3.8, 4) is 0 Å². The van der Waals surface area contributed by atoms with Gasteiger partial charge in [-0.15, -0.1) is 11.3 Å². The second-order valence-corrected chi connectivity index (χ2v) is 6.24. The Morgan fingerprint density at radius 2 is 2.08 bits per heavy atom. The van der Waals surface area contributed by atoms with E-state index >= 15 is 0 Å². The molecule has 0 bridgehead atoms. The zero-order valence-corrected chi connectivity index (χ0v) is 13.7. The van der Waals surface area contributed by atoms with Crippen LogP contribution in [0.5, 0.6) is 0 Å². The van der Waals surface area contributed by atoms with Crippen LogP contribution in [0.1, 0.15) is 21.7 Å². The van der Waals surface area contributed by atoms with Gasteiger partial charge in [-0.25, -0.2) is 10.4 Å². The molecule has 0 fully saturated rings. The monoisotopic (exact) mass is 334 g/mol. The maximum Gasteiger partial charge on any atom is 0.290 e. The average Bonchev–Trinajstić information content (AvgIpc) is 3.14. The van der Waals surface area contributed by atoms with Gasteiger partial charge in [0.1, 0.15) is 5.69 Å². The van der Waals surface area contributed by atoms with E-state index in [0.717, 1.165) is 21.3 Å². The Balaban J connectivity index is 1.60. The van der Waals surface area contributed by atoms with Crippen molar-refractivity contribution in [2.75, 3.05) is 0 Å². The molecule has 5 nitrogen and oxygen atoms in total. The predicted molar refractivity (Wildman–Crippen MR) is 96.8 cm³/mol. The van der Waals surface area contributed by atoms with Crippen LogP contribution in [-0.2, 0) is 0 Å². The van der Waals surface area contributed by atoms with E-state index in [-0.39, 0.29) is 5.91 Å². The fourth-order valence-electron chi connectivity index (χ4n) is 2.74. The molecule has 1 amide bonds. The van der Waals surface area contributed by atoms with Gasteiger partial charge < -0.3 is 0 Å². The molecule has 0 atom stereocenters. The summed E-state index contributed by atoms with van der Waals surface area (Å²) in [5.74, 6) is -0.269. The highest BCUT2D eigenvalue weighted by atomic mass is 32.1. The van der Waals surface area contributed by atoms with Gasteiger partial charge in [0.15, 0.2) is 4.96 Å². The molecule has 0 aliphatic carbocycles.